The normalized spacial score (nSPS) is 18.1. The molecule has 1 aromatic heterocycles. The number of amides is 1. The van der Waals surface area contributed by atoms with Gasteiger partial charge < -0.3 is 10.0 Å². The Labute approximate surface area is 147 Å². The van der Waals surface area contributed by atoms with Crippen LogP contribution in [0, 0.1) is 12.8 Å². The largest absolute Gasteiger partial charge is 0.393 e. The third-order valence-electron chi connectivity index (χ3n) is 5.04. The van der Waals surface area contributed by atoms with E-state index in [1.807, 2.05) is 49.1 Å². The Hall–Kier alpha value is -2.28. The number of benzene rings is 1. The average molecular weight is 343 g/mol. The molecule has 1 fully saturated rings. The van der Waals surface area contributed by atoms with Crippen molar-refractivity contribution in [3.63, 3.8) is 0 Å². The van der Waals surface area contributed by atoms with Gasteiger partial charge in [0.05, 0.1) is 6.10 Å². The molecule has 1 aliphatic heterocycles. The maximum atomic E-state index is 13.2. The van der Waals surface area contributed by atoms with Crippen molar-refractivity contribution in [2.75, 3.05) is 13.1 Å². The summed E-state index contributed by atoms with van der Waals surface area (Å²) in [5.74, 6) is 0.947. The number of tetrazole rings is 1. The highest BCUT2D eigenvalue weighted by atomic mass is 16.3. The first-order chi connectivity index (χ1) is 12.1. The first-order valence-corrected chi connectivity index (χ1v) is 8.81. The van der Waals surface area contributed by atoms with E-state index in [0.29, 0.717) is 25.3 Å². The van der Waals surface area contributed by atoms with Gasteiger partial charge in [-0.1, -0.05) is 30.3 Å². The van der Waals surface area contributed by atoms with Gasteiger partial charge in [0.1, 0.15) is 11.9 Å². The number of aryl methyl sites for hydroxylation is 1. The maximum absolute atomic E-state index is 13.2. The zero-order valence-electron chi connectivity index (χ0n) is 14.7. The van der Waals surface area contributed by atoms with E-state index in [1.165, 1.54) is 0 Å². The summed E-state index contributed by atoms with van der Waals surface area (Å²) < 4.78 is 1.62. The lowest BCUT2D eigenvalue weighted by Gasteiger charge is -2.35. The quantitative estimate of drug-likeness (QED) is 0.887. The minimum atomic E-state index is -0.444. The van der Waals surface area contributed by atoms with E-state index in [2.05, 4.69) is 15.5 Å². The van der Waals surface area contributed by atoms with E-state index in [1.54, 1.807) is 4.68 Å². The third-order valence-corrected chi connectivity index (χ3v) is 5.04. The third kappa shape index (κ3) is 4.04. The molecule has 2 atom stereocenters. The van der Waals surface area contributed by atoms with Crippen LogP contribution in [-0.2, 0) is 11.2 Å². The molecule has 1 N–H and O–H groups in total. The van der Waals surface area contributed by atoms with Gasteiger partial charge in [-0.3, -0.25) is 4.79 Å². The SMILES string of the molecule is Cc1nnnn1C(Cc1ccccc1)C(=O)N1CCC(C(C)O)CC1. The van der Waals surface area contributed by atoms with E-state index >= 15 is 0 Å². The first-order valence-electron chi connectivity index (χ1n) is 8.81. The molecule has 0 radical (unpaired) electrons. The number of aliphatic hydroxyl groups excluding tert-OH is 1. The van der Waals surface area contributed by atoms with Gasteiger partial charge in [0, 0.05) is 19.5 Å². The monoisotopic (exact) mass is 343 g/mol. The van der Waals surface area contributed by atoms with Crippen LogP contribution in [-0.4, -0.2) is 55.3 Å². The number of aromatic nitrogens is 4. The molecule has 3 rings (SSSR count). The van der Waals surface area contributed by atoms with Gasteiger partial charge in [-0.05, 0) is 48.6 Å². The van der Waals surface area contributed by atoms with Crippen LogP contribution in [0.1, 0.15) is 37.2 Å². The molecular formula is C18H25N5O2. The molecule has 2 aromatic rings. The first kappa shape index (κ1) is 17.5. The molecule has 0 aliphatic carbocycles. The van der Waals surface area contributed by atoms with Crippen molar-refractivity contribution < 1.29 is 9.90 Å². The Kier molecular flexibility index (Phi) is 5.43. The lowest BCUT2D eigenvalue weighted by Crippen LogP contribution is -2.44. The number of carbonyl (C=O) groups is 1. The van der Waals surface area contributed by atoms with Crippen molar-refractivity contribution in [3.8, 4) is 0 Å². The summed E-state index contributed by atoms with van der Waals surface area (Å²) in [4.78, 5) is 15.1. The molecule has 0 spiro atoms. The zero-order valence-corrected chi connectivity index (χ0v) is 14.7. The molecule has 25 heavy (non-hydrogen) atoms. The second kappa shape index (κ2) is 7.74. The summed E-state index contributed by atoms with van der Waals surface area (Å²) in [5.41, 5.74) is 1.08. The Balaban J connectivity index is 1.77. The summed E-state index contributed by atoms with van der Waals surface area (Å²) in [6, 6.07) is 9.48. The van der Waals surface area contributed by atoms with Crippen LogP contribution in [0.25, 0.3) is 0 Å². The molecule has 7 nitrogen and oxygen atoms in total. The molecule has 2 unspecified atom stereocenters. The summed E-state index contributed by atoms with van der Waals surface area (Å²) in [6.45, 7) is 4.97. The Morgan fingerprint density at radius 1 is 1.28 bits per heavy atom. The average Bonchev–Trinajstić information content (AvgIpc) is 3.06. The standard InChI is InChI=1S/C18H25N5O2/c1-13(24)16-8-10-22(11-9-16)18(25)17(23-14(2)19-20-21-23)12-15-6-4-3-5-7-15/h3-7,13,16-17,24H,8-12H2,1-2H3. The molecule has 1 aromatic carbocycles. The van der Waals surface area contributed by atoms with Crippen LogP contribution < -0.4 is 0 Å². The highest BCUT2D eigenvalue weighted by molar-refractivity contribution is 5.80. The van der Waals surface area contributed by atoms with Gasteiger partial charge in [-0.2, -0.15) is 0 Å². The van der Waals surface area contributed by atoms with Crippen molar-refractivity contribution >= 4 is 5.91 Å². The fourth-order valence-corrected chi connectivity index (χ4v) is 3.45. The number of likely N-dealkylation sites (tertiary alicyclic amines) is 1. The summed E-state index contributed by atoms with van der Waals surface area (Å²) in [5, 5.41) is 21.4. The molecular weight excluding hydrogens is 318 g/mol. The predicted molar refractivity (Wildman–Crippen MR) is 92.7 cm³/mol. The summed E-state index contributed by atoms with van der Waals surface area (Å²) in [7, 11) is 0. The van der Waals surface area contributed by atoms with Crippen molar-refractivity contribution in [1.29, 1.82) is 0 Å². The molecule has 134 valence electrons. The number of carbonyl (C=O) groups excluding carboxylic acids is 1. The molecule has 0 bridgehead atoms. The minimum absolute atomic E-state index is 0.0447. The van der Waals surface area contributed by atoms with Crippen LogP contribution in [0.3, 0.4) is 0 Å². The molecule has 1 saturated heterocycles. The topological polar surface area (TPSA) is 84.1 Å². The molecule has 7 heteroatoms. The lowest BCUT2D eigenvalue weighted by molar-refractivity contribution is -0.137. The highest BCUT2D eigenvalue weighted by Gasteiger charge is 2.32. The van der Waals surface area contributed by atoms with Crippen LogP contribution in [0.5, 0.6) is 0 Å². The van der Waals surface area contributed by atoms with Crippen molar-refractivity contribution in [1.82, 2.24) is 25.1 Å². The van der Waals surface area contributed by atoms with Crippen LogP contribution in [0.15, 0.2) is 30.3 Å². The zero-order chi connectivity index (χ0) is 17.8. The van der Waals surface area contributed by atoms with Gasteiger partial charge >= 0.3 is 0 Å². The fraction of sp³-hybridized carbons (Fsp3) is 0.556. The predicted octanol–water partition coefficient (Wildman–Crippen LogP) is 1.38. The number of nitrogens with zero attached hydrogens (tertiary/aromatic N) is 5. The number of piperidine rings is 1. The number of hydrogen-bond acceptors (Lipinski definition) is 5. The number of hydrogen-bond donors (Lipinski definition) is 1. The van der Waals surface area contributed by atoms with Gasteiger partial charge in [0.15, 0.2) is 0 Å². The molecule has 0 saturated carbocycles. The second-order valence-electron chi connectivity index (χ2n) is 6.78. The summed E-state index contributed by atoms with van der Waals surface area (Å²) in [6.07, 6.45) is 1.90. The maximum Gasteiger partial charge on any atom is 0.247 e. The van der Waals surface area contributed by atoms with Crippen LogP contribution >= 0.6 is 0 Å². The Morgan fingerprint density at radius 2 is 1.96 bits per heavy atom. The molecule has 2 heterocycles. The second-order valence-corrected chi connectivity index (χ2v) is 6.78. The van der Waals surface area contributed by atoms with Crippen molar-refractivity contribution in [2.45, 2.75) is 45.3 Å². The van der Waals surface area contributed by atoms with E-state index in [9.17, 15) is 9.90 Å². The lowest BCUT2D eigenvalue weighted by atomic mass is 9.91. The number of aliphatic hydroxyl groups is 1. The van der Waals surface area contributed by atoms with Gasteiger partial charge in [-0.15, -0.1) is 5.10 Å². The Bertz CT molecular complexity index is 693. The molecule has 1 amide bonds. The van der Waals surface area contributed by atoms with Crippen molar-refractivity contribution in [2.24, 2.45) is 5.92 Å². The minimum Gasteiger partial charge on any atom is -0.393 e. The smallest absolute Gasteiger partial charge is 0.247 e. The van der Waals surface area contributed by atoms with Crippen LogP contribution in [0.4, 0.5) is 0 Å². The summed E-state index contributed by atoms with van der Waals surface area (Å²) >= 11 is 0. The van der Waals surface area contributed by atoms with E-state index in [0.717, 1.165) is 18.4 Å². The van der Waals surface area contributed by atoms with E-state index in [4.69, 9.17) is 0 Å². The van der Waals surface area contributed by atoms with Gasteiger partial charge in [0.25, 0.3) is 0 Å². The van der Waals surface area contributed by atoms with Gasteiger partial charge in [-0.25, -0.2) is 4.68 Å². The van der Waals surface area contributed by atoms with E-state index < -0.39 is 6.04 Å². The van der Waals surface area contributed by atoms with Crippen LogP contribution in [0.2, 0.25) is 0 Å². The van der Waals surface area contributed by atoms with Crippen molar-refractivity contribution in [3.05, 3.63) is 41.7 Å². The Morgan fingerprint density at radius 3 is 2.52 bits per heavy atom. The molecule has 1 aliphatic rings. The van der Waals surface area contributed by atoms with Gasteiger partial charge in [0.2, 0.25) is 5.91 Å². The fourth-order valence-electron chi connectivity index (χ4n) is 3.45. The van der Waals surface area contributed by atoms with E-state index in [-0.39, 0.29) is 17.9 Å². The highest BCUT2D eigenvalue weighted by Crippen LogP contribution is 2.24. The number of rotatable bonds is 5.